The van der Waals surface area contributed by atoms with Crippen molar-refractivity contribution < 1.29 is 4.79 Å². The molecule has 3 N–H and O–H groups in total. The van der Waals surface area contributed by atoms with Crippen LogP contribution in [0, 0.1) is 0 Å². The Morgan fingerprint density at radius 1 is 1.50 bits per heavy atom. The van der Waals surface area contributed by atoms with Crippen LogP contribution in [0.25, 0.3) is 0 Å². The fourth-order valence-electron chi connectivity index (χ4n) is 2.97. The van der Waals surface area contributed by atoms with E-state index in [-0.39, 0.29) is 11.9 Å². The van der Waals surface area contributed by atoms with Gasteiger partial charge in [0.2, 0.25) is 5.91 Å². The molecule has 4 heteroatoms. The zero-order chi connectivity index (χ0) is 13.8. The summed E-state index contributed by atoms with van der Waals surface area (Å²) in [5, 5.41) is 3.33. The number of nitrogens with zero attached hydrogens (tertiary/aromatic N) is 1. The number of nitrogens with one attached hydrogen (secondary N) is 1. The largest absolute Gasteiger partial charge is 0.368 e. The third-order valence-corrected chi connectivity index (χ3v) is 3.89. The maximum Gasteiger partial charge on any atom is 0.238 e. The number of hydrogen-bond acceptors (Lipinski definition) is 3. The summed E-state index contributed by atoms with van der Waals surface area (Å²) < 4.78 is 0. The van der Waals surface area contributed by atoms with Gasteiger partial charge in [-0.25, -0.2) is 0 Å². The molecule has 1 aliphatic heterocycles. The standard InChI is InChI=1S/C14H29N3O/c1-5-12-8-6-7-9-17(12)10-14(4,13(15)18)16-11(2)3/h11-12,16H,5-10H2,1-4H3,(H2,15,18). The minimum atomic E-state index is -0.626. The second kappa shape index (κ2) is 6.53. The zero-order valence-corrected chi connectivity index (χ0v) is 12.3. The van der Waals surface area contributed by atoms with Crippen molar-refractivity contribution in [3.05, 3.63) is 0 Å². The molecule has 1 saturated heterocycles. The molecule has 1 aliphatic rings. The first-order valence-electron chi connectivity index (χ1n) is 7.20. The maximum absolute atomic E-state index is 11.8. The van der Waals surface area contributed by atoms with Gasteiger partial charge in [0, 0.05) is 18.6 Å². The zero-order valence-electron chi connectivity index (χ0n) is 12.3. The molecule has 0 aromatic carbocycles. The molecular formula is C14H29N3O. The van der Waals surface area contributed by atoms with E-state index >= 15 is 0 Å². The smallest absolute Gasteiger partial charge is 0.238 e. The van der Waals surface area contributed by atoms with Gasteiger partial charge < -0.3 is 11.1 Å². The Hall–Kier alpha value is -0.610. The van der Waals surface area contributed by atoms with E-state index in [0.717, 1.165) is 19.5 Å². The second-order valence-electron chi connectivity index (χ2n) is 6.02. The molecule has 0 saturated carbocycles. The first-order chi connectivity index (χ1) is 8.39. The molecule has 1 amide bonds. The Labute approximate surface area is 111 Å². The fraction of sp³-hybridized carbons (Fsp3) is 0.929. The first-order valence-corrected chi connectivity index (χ1v) is 7.20. The van der Waals surface area contributed by atoms with E-state index < -0.39 is 5.54 Å². The lowest BCUT2D eigenvalue weighted by Crippen LogP contribution is -2.62. The van der Waals surface area contributed by atoms with Gasteiger partial charge >= 0.3 is 0 Å². The quantitative estimate of drug-likeness (QED) is 0.756. The molecule has 0 aliphatic carbocycles. The fourth-order valence-corrected chi connectivity index (χ4v) is 2.97. The van der Waals surface area contributed by atoms with Crippen molar-refractivity contribution >= 4 is 5.91 Å². The molecular weight excluding hydrogens is 226 g/mol. The Bertz CT molecular complexity index is 280. The highest BCUT2D eigenvalue weighted by atomic mass is 16.1. The van der Waals surface area contributed by atoms with Gasteiger partial charge in [0.15, 0.2) is 0 Å². The molecule has 0 aromatic heterocycles. The minimum Gasteiger partial charge on any atom is -0.368 e. The van der Waals surface area contributed by atoms with Gasteiger partial charge in [0.1, 0.15) is 5.54 Å². The molecule has 0 spiro atoms. The van der Waals surface area contributed by atoms with Gasteiger partial charge in [-0.15, -0.1) is 0 Å². The second-order valence-corrected chi connectivity index (χ2v) is 6.02. The first kappa shape index (κ1) is 15.4. The molecule has 2 unspecified atom stereocenters. The average molecular weight is 255 g/mol. The summed E-state index contributed by atoms with van der Waals surface area (Å²) in [5.74, 6) is -0.253. The van der Waals surface area contributed by atoms with Crippen LogP contribution in [0.1, 0.15) is 53.4 Å². The van der Waals surface area contributed by atoms with Crippen molar-refractivity contribution in [1.29, 1.82) is 0 Å². The lowest BCUT2D eigenvalue weighted by molar-refractivity contribution is -0.125. The van der Waals surface area contributed by atoms with Crippen LogP contribution in [0.4, 0.5) is 0 Å². The van der Waals surface area contributed by atoms with Crippen LogP contribution in [0.2, 0.25) is 0 Å². The number of carbonyl (C=O) groups is 1. The molecule has 2 atom stereocenters. The van der Waals surface area contributed by atoms with E-state index in [2.05, 4.69) is 31.0 Å². The highest BCUT2D eigenvalue weighted by Crippen LogP contribution is 2.22. The van der Waals surface area contributed by atoms with E-state index in [1.54, 1.807) is 0 Å². The van der Waals surface area contributed by atoms with Crippen LogP contribution in [0.15, 0.2) is 0 Å². The molecule has 1 heterocycles. The van der Waals surface area contributed by atoms with E-state index in [4.69, 9.17) is 5.73 Å². The van der Waals surface area contributed by atoms with Crippen LogP contribution in [0.5, 0.6) is 0 Å². The van der Waals surface area contributed by atoms with Gasteiger partial charge in [0.25, 0.3) is 0 Å². The van der Waals surface area contributed by atoms with Gasteiger partial charge in [-0.3, -0.25) is 9.69 Å². The highest BCUT2D eigenvalue weighted by molar-refractivity contribution is 5.84. The van der Waals surface area contributed by atoms with Crippen LogP contribution in [0.3, 0.4) is 0 Å². The molecule has 18 heavy (non-hydrogen) atoms. The number of amides is 1. The van der Waals surface area contributed by atoms with Crippen LogP contribution in [-0.2, 0) is 4.79 Å². The molecule has 0 aromatic rings. The summed E-state index contributed by atoms with van der Waals surface area (Å²) in [5.41, 5.74) is 4.97. The summed E-state index contributed by atoms with van der Waals surface area (Å²) in [4.78, 5) is 14.2. The number of likely N-dealkylation sites (tertiary alicyclic amines) is 1. The monoisotopic (exact) mass is 255 g/mol. The van der Waals surface area contributed by atoms with E-state index in [9.17, 15) is 4.79 Å². The molecule has 106 valence electrons. The predicted molar refractivity (Wildman–Crippen MR) is 75.4 cm³/mol. The van der Waals surface area contributed by atoms with Crippen molar-refractivity contribution in [2.45, 2.75) is 71.0 Å². The third kappa shape index (κ3) is 3.95. The minimum absolute atomic E-state index is 0.253. The number of nitrogens with two attached hydrogens (primary N) is 1. The molecule has 0 radical (unpaired) electrons. The van der Waals surface area contributed by atoms with Gasteiger partial charge in [0.05, 0.1) is 0 Å². The summed E-state index contributed by atoms with van der Waals surface area (Å²) in [7, 11) is 0. The van der Waals surface area contributed by atoms with Crippen molar-refractivity contribution in [3.8, 4) is 0 Å². The number of carbonyl (C=O) groups excluding carboxylic acids is 1. The predicted octanol–water partition coefficient (Wildman–Crippen LogP) is 1.49. The van der Waals surface area contributed by atoms with Crippen molar-refractivity contribution in [3.63, 3.8) is 0 Å². The van der Waals surface area contributed by atoms with Gasteiger partial charge in [-0.2, -0.15) is 0 Å². The molecule has 0 bridgehead atoms. The van der Waals surface area contributed by atoms with Crippen LogP contribution >= 0.6 is 0 Å². The summed E-state index contributed by atoms with van der Waals surface area (Å²) in [6.45, 7) is 10.1. The molecule has 1 fully saturated rings. The van der Waals surface area contributed by atoms with Crippen LogP contribution < -0.4 is 11.1 Å². The molecule has 4 nitrogen and oxygen atoms in total. The van der Waals surface area contributed by atoms with Gasteiger partial charge in [-0.1, -0.05) is 13.3 Å². The van der Waals surface area contributed by atoms with E-state index in [1.807, 2.05) is 6.92 Å². The number of piperidine rings is 1. The SMILES string of the molecule is CCC1CCCCN1CC(C)(NC(C)C)C(N)=O. The number of rotatable bonds is 6. The maximum atomic E-state index is 11.8. The van der Waals surface area contributed by atoms with Crippen molar-refractivity contribution in [1.82, 2.24) is 10.2 Å². The lowest BCUT2D eigenvalue weighted by atomic mass is 9.94. The van der Waals surface area contributed by atoms with Crippen molar-refractivity contribution in [2.75, 3.05) is 13.1 Å². The highest BCUT2D eigenvalue weighted by Gasteiger charge is 2.36. The summed E-state index contributed by atoms with van der Waals surface area (Å²) >= 11 is 0. The van der Waals surface area contributed by atoms with E-state index in [1.165, 1.54) is 19.3 Å². The van der Waals surface area contributed by atoms with Crippen molar-refractivity contribution in [2.24, 2.45) is 5.73 Å². The Kier molecular flexibility index (Phi) is 5.60. The Morgan fingerprint density at radius 3 is 2.67 bits per heavy atom. The number of hydrogen-bond donors (Lipinski definition) is 2. The van der Waals surface area contributed by atoms with Gasteiger partial charge in [-0.05, 0) is 46.6 Å². The average Bonchev–Trinajstić information content (AvgIpc) is 2.28. The summed E-state index contributed by atoms with van der Waals surface area (Å²) in [6, 6.07) is 0.860. The Balaban J connectivity index is 2.72. The summed E-state index contributed by atoms with van der Waals surface area (Å²) in [6.07, 6.45) is 4.93. The normalized spacial score (nSPS) is 25.1. The van der Waals surface area contributed by atoms with E-state index in [0.29, 0.717) is 6.04 Å². The number of primary amides is 1. The Morgan fingerprint density at radius 2 is 2.17 bits per heavy atom. The third-order valence-electron chi connectivity index (χ3n) is 3.89. The topological polar surface area (TPSA) is 58.4 Å². The van der Waals surface area contributed by atoms with Crippen LogP contribution in [-0.4, -0.2) is 41.5 Å². The molecule has 1 rings (SSSR count). The lowest BCUT2D eigenvalue weighted by Gasteiger charge is -2.41.